The Kier molecular flexibility index (Phi) is 5.92. The van der Waals surface area contributed by atoms with E-state index in [1.165, 1.54) is 47.7 Å². The maximum atomic E-state index is 4.91. The molecule has 5 unspecified atom stereocenters. The lowest BCUT2D eigenvalue weighted by molar-refractivity contribution is -0.199. The lowest BCUT2D eigenvalue weighted by atomic mass is 9.30. The molecule has 0 saturated heterocycles. The van der Waals surface area contributed by atoms with E-state index < -0.39 is 0 Å². The highest BCUT2D eigenvalue weighted by molar-refractivity contribution is 9.10. The highest BCUT2D eigenvalue weighted by Gasteiger charge is 2.84. The number of fused-ring (bicyclic) bond motifs is 1. The zero-order valence-corrected chi connectivity index (χ0v) is 27.7. The van der Waals surface area contributed by atoms with Gasteiger partial charge in [0, 0.05) is 26.6 Å². The molecule has 1 heterocycles. The van der Waals surface area contributed by atoms with Crippen molar-refractivity contribution in [3.05, 3.63) is 149 Å². The van der Waals surface area contributed by atoms with E-state index in [4.69, 9.17) is 15.0 Å². The normalized spacial score (nSPS) is 27.9. The lowest BCUT2D eigenvalue weighted by Crippen LogP contribution is -2.69. The number of benzene rings is 5. The molecule has 4 heteroatoms. The SMILES string of the molecule is Brc1ccc(C23CC4CC5CC(c6ccc(-c7ccc(-c8nc(-c9ccccc9)nc(-c9ccccc9)n8)cc7)cc6)(C2)CC543)cc1. The molecule has 4 saturated carbocycles. The van der Waals surface area contributed by atoms with Crippen LogP contribution in [0, 0.1) is 17.3 Å². The second-order valence-corrected chi connectivity index (χ2v) is 15.4. The summed E-state index contributed by atoms with van der Waals surface area (Å²) in [6.07, 6.45) is 6.90. The third kappa shape index (κ3) is 3.94. The monoisotopic (exact) mass is 671 g/mol. The number of hydrogen-bond donors (Lipinski definition) is 0. The quantitative estimate of drug-likeness (QED) is 0.177. The zero-order chi connectivity index (χ0) is 31.2. The summed E-state index contributed by atoms with van der Waals surface area (Å²) < 4.78 is 1.18. The maximum absolute atomic E-state index is 4.91. The molecular weight excluding hydrogens is 638 g/mol. The molecule has 4 aliphatic rings. The van der Waals surface area contributed by atoms with Gasteiger partial charge in [-0.2, -0.15) is 0 Å². The minimum Gasteiger partial charge on any atom is -0.208 e. The van der Waals surface area contributed by atoms with Crippen molar-refractivity contribution in [2.75, 3.05) is 0 Å². The van der Waals surface area contributed by atoms with Gasteiger partial charge in [0.1, 0.15) is 0 Å². The summed E-state index contributed by atoms with van der Waals surface area (Å²) in [7, 11) is 0. The van der Waals surface area contributed by atoms with Crippen molar-refractivity contribution in [1.82, 2.24) is 15.0 Å². The van der Waals surface area contributed by atoms with E-state index in [1.54, 1.807) is 11.1 Å². The summed E-state index contributed by atoms with van der Waals surface area (Å²) in [5.41, 5.74) is 9.79. The molecular formula is C43H34BrN3. The van der Waals surface area contributed by atoms with Gasteiger partial charge in [0.2, 0.25) is 0 Å². The fourth-order valence-electron chi connectivity index (χ4n) is 10.6. The van der Waals surface area contributed by atoms with Gasteiger partial charge in [0.05, 0.1) is 0 Å². The van der Waals surface area contributed by atoms with Crippen molar-refractivity contribution in [1.29, 1.82) is 0 Å². The molecule has 1 aromatic heterocycles. The molecule has 2 bridgehead atoms. The van der Waals surface area contributed by atoms with Crippen LogP contribution < -0.4 is 0 Å². The Balaban J connectivity index is 0.950. The minimum atomic E-state index is 0.316. The van der Waals surface area contributed by atoms with Gasteiger partial charge in [-0.1, -0.05) is 137 Å². The highest BCUT2D eigenvalue weighted by Crippen LogP contribution is 2.89. The first-order valence-corrected chi connectivity index (χ1v) is 17.7. The van der Waals surface area contributed by atoms with Crippen LogP contribution in [0.25, 0.3) is 45.3 Å². The average Bonchev–Trinajstić information content (AvgIpc) is 3.60. The van der Waals surface area contributed by atoms with Crippen molar-refractivity contribution < 1.29 is 0 Å². The Hall–Kier alpha value is -4.41. The van der Waals surface area contributed by atoms with Crippen molar-refractivity contribution in [2.45, 2.75) is 42.9 Å². The number of aromatic nitrogens is 3. The Morgan fingerprint density at radius 3 is 1.49 bits per heavy atom. The zero-order valence-electron chi connectivity index (χ0n) is 26.1. The predicted octanol–water partition coefficient (Wildman–Crippen LogP) is 10.7. The molecule has 0 aliphatic heterocycles. The van der Waals surface area contributed by atoms with Crippen LogP contribution in [0.15, 0.2) is 138 Å². The third-order valence-corrected chi connectivity index (χ3v) is 13.0. The number of halogens is 1. The molecule has 1 spiro atoms. The molecule has 6 aromatic rings. The number of rotatable bonds is 6. The Bertz CT molecular complexity index is 2070. The number of nitrogens with zero attached hydrogens (tertiary/aromatic N) is 3. The van der Waals surface area contributed by atoms with Crippen LogP contribution >= 0.6 is 15.9 Å². The summed E-state index contributed by atoms with van der Waals surface area (Å²) in [4.78, 5) is 14.7. The van der Waals surface area contributed by atoms with Gasteiger partial charge in [-0.3, -0.25) is 0 Å². The summed E-state index contributed by atoms with van der Waals surface area (Å²) in [6, 6.07) is 47.9. The fraction of sp³-hybridized carbons (Fsp3) is 0.233. The van der Waals surface area contributed by atoms with Crippen molar-refractivity contribution in [3.8, 4) is 45.3 Å². The molecule has 228 valence electrons. The molecule has 4 fully saturated rings. The Labute approximate surface area is 284 Å². The molecule has 0 radical (unpaired) electrons. The van der Waals surface area contributed by atoms with E-state index in [9.17, 15) is 0 Å². The predicted molar refractivity (Wildman–Crippen MR) is 192 cm³/mol. The second-order valence-electron chi connectivity index (χ2n) is 14.5. The Morgan fingerprint density at radius 2 is 0.936 bits per heavy atom. The first-order valence-electron chi connectivity index (χ1n) is 16.9. The molecule has 10 rings (SSSR count). The fourth-order valence-corrected chi connectivity index (χ4v) is 10.8. The molecule has 47 heavy (non-hydrogen) atoms. The largest absolute Gasteiger partial charge is 0.208 e. The van der Waals surface area contributed by atoms with Crippen LogP contribution in [0.3, 0.4) is 0 Å². The summed E-state index contributed by atoms with van der Waals surface area (Å²) in [6.45, 7) is 0. The van der Waals surface area contributed by atoms with E-state index in [0.717, 1.165) is 28.5 Å². The van der Waals surface area contributed by atoms with Crippen LogP contribution in [-0.4, -0.2) is 15.0 Å². The van der Waals surface area contributed by atoms with Gasteiger partial charge < -0.3 is 0 Å². The van der Waals surface area contributed by atoms with E-state index >= 15 is 0 Å². The summed E-state index contributed by atoms with van der Waals surface area (Å²) in [5.74, 6) is 3.88. The van der Waals surface area contributed by atoms with E-state index in [0.29, 0.717) is 33.7 Å². The maximum Gasteiger partial charge on any atom is 0.164 e. The molecule has 5 atom stereocenters. The Morgan fingerprint density at radius 1 is 0.468 bits per heavy atom. The molecule has 3 nitrogen and oxygen atoms in total. The second kappa shape index (κ2) is 10.0. The van der Waals surface area contributed by atoms with Gasteiger partial charge in [0.25, 0.3) is 0 Å². The molecule has 5 aromatic carbocycles. The third-order valence-electron chi connectivity index (χ3n) is 12.5. The number of hydrogen-bond acceptors (Lipinski definition) is 3. The topological polar surface area (TPSA) is 38.7 Å². The first kappa shape index (κ1) is 27.7. The van der Waals surface area contributed by atoms with Gasteiger partial charge in [-0.25, -0.2) is 15.0 Å². The molecule has 4 aliphatic carbocycles. The average molecular weight is 673 g/mol. The molecule has 0 amide bonds. The van der Waals surface area contributed by atoms with Gasteiger partial charge in [-0.15, -0.1) is 0 Å². The highest BCUT2D eigenvalue weighted by atomic mass is 79.9. The van der Waals surface area contributed by atoms with E-state index in [-0.39, 0.29) is 0 Å². The van der Waals surface area contributed by atoms with Crippen LogP contribution in [0.2, 0.25) is 0 Å². The van der Waals surface area contributed by atoms with Crippen LogP contribution in [0.5, 0.6) is 0 Å². The van der Waals surface area contributed by atoms with Crippen LogP contribution in [0.1, 0.15) is 43.2 Å². The van der Waals surface area contributed by atoms with E-state index in [1.807, 2.05) is 60.7 Å². The molecule has 0 N–H and O–H groups in total. The minimum absolute atomic E-state index is 0.316. The van der Waals surface area contributed by atoms with Crippen LogP contribution in [-0.2, 0) is 10.8 Å². The van der Waals surface area contributed by atoms with Crippen molar-refractivity contribution in [3.63, 3.8) is 0 Å². The first-order chi connectivity index (χ1) is 23.1. The van der Waals surface area contributed by atoms with Gasteiger partial charge in [0.15, 0.2) is 17.5 Å². The van der Waals surface area contributed by atoms with Gasteiger partial charge in [-0.05, 0) is 89.2 Å². The van der Waals surface area contributed by atoms with Crippen molar-refractivity contribution in [2.24, 2.45) is 17.3 Å². The summed E-state index contributed by atoms with van der Waals surface area (Å²) >= 11 is 3.67. The van der Waals surface area contributed by atoms with Crippen LogP contribution in [0.4, 0.5) is 0 Å². The van der Waals surface area contributed by atoms with E-state index in [2.05, 4.69) is 88.7 Å². The van der Waals surface area contributed by atoms with Crippen molar-refractivity contribution >= 4 is 15.9 Å². The lowest BCUT2D eigenvalue weighted by Gasteiger charge is -2.73. The smallest absolute Gasteiger partial charge is 0.164 e. The standard InChI is InChI=1S/C43H34BrN3/c44-37-21-19-34(20-22-37)42-25-36-23-35-24-41(26-42,27-43(35,36)42)33-17-15-29(16-18-33)28-11-13-32(14-12-28)40-46-38(30-7-3-1-4-8-30)45-39(47-40)31-9-5-2-6-10-31/h1-22,35-36H,23-27H2. The summed E-state index contributed by atoms with van der Waals surface area (Å²) in [5, 5.41) is 0. The van der Waals surface area contributed by atoms with Gasteiger partial charge >= 0.3 is 0 Å².